The molecule has 3 atom stereocenters. The highest BCUT2D eigenvalue weighted by Crippen LogP contribution is 2.27. The number of ether oxygens (including phenoxy) is 1. The highest BCUT2D eigenvalue weighted by atomic mass is 16.5. The number of amides is 1. The number of unbranched alkanes of at least 4 members (excludes halogenated alkanes) is 3. The maximum atomic E-state index is 12.0. The molecule has 0 aromatic carbocycles. The normalized spacial score (nSPS) is 22.0. The predicted octanol–water partition coefficient (Wildman–Crippen LogP) is -1.17. The number of carbonyl (C=O) groups excluding carboxylic acids is 1. The molecule has 0 spiro atoms. The van der Waals surface area contributed by atoms with Crippen LogP contribution in [-0.4, -0.2) is 57.6 Å². The summed E-state index contributed by atoms with van der Waals surface area (Å²) in [6.45, 7) is 0.812. The number of nitrogens with two attached hydrogens (primary N) is 1. The molecule has 2 rings (SSSR count). The van der Waals surface area contributed by atoms with Crippen molar-refractivity contribution in [2.75, 3.05) is 19.7 Å². The monoisotopic (exact) mass is 396 g/mol. The lowest BCUT2D eigenvalue weighted by Crippen LogP contribution is -2.33. The van der Waals surface area contributed by atoms with Crippen LogP contribution in [0.4, 0.5) is 0 Å². The van der Waals surface area contributed by atoms with Gasteiger partial charge in [0.15, 0.2) is 0 Å². The molecule has 0 saturated carbocycles. The van der Waals surface area contributed by atoms with Crippen molar-refractivity contribution >= 4 is 12.0 Å². The molecule has 6 N–H and O–H groups in total. The van der Waals surface area contributed by atoms with Gasteiger partial charge in [-0.1, -0.05) is 12.8 Å². The summed E-state index contributed by atoms with van der Waals surface area (Å²) < 4.78 is 6.57. The van der Waals surface area contributed by atoms with E-state index in [4.69, 9.17) is 15.6 Å². The fourth-order valence-corrected chi connectivity index (χ4v) is 2.94. The number of nitrogens with zero attached hydrogens (tertiary/aromatic N) is 1. The average molecular weight is 396 g/mol. The number of aromatic nitrogens is 2. The molecule has 0 bridgehead atoms. The van der Waals surface area contributed by atoms with E-state index in [0.29, 0.717) is 13.1 Å². The number of hydrogen-bond acceptors (Lipinski definition) is 7. The Morgan fingerprint density at radius 1 is 1.36 bits per heavy atom. The molecule has 1 aliphatic heterocycles. The van der Waals surface area contributed by atoms with Crippen molar-refractivity contribution in [1.29, 1.82) is 0 Å². The largest absolute Gasteiger partial charge is 0.394 e. The van der Waals surface area contributed by atoms with Crippen LogP contribution in [0.5, 0.6) is 0 Å². The van der Waals surface area contributed by atoms with Crippen LogP contribution in [0.1, 0.15) is 43.9 Å². The van der Waals surface area contributed by atoms with Crippen LogP contribution in [0.25, 0.3) is 6.08 Å². The lowest BCUT2D eigenvalue weighted by atomic mass is 10.2. The van der Waals surface area contributed by atoms with E-state index < -0.39 is 29.7 Å². The highest BCUT2D eigenvalue weighted by molar-refractivity contribution is 5.91. The van der Waals surface area contributed by atoms with E-state index in [1.807, 2.05) is 0 Å². The topological polar surface area (TPSA) is 160 Å². The number of aliphatic hydroxyl groups excluding tert-OH is 2. The van der Waals surface area contributed by atoms with Crippen LogP contribution >= 0.6 is 0 Å². The van der Waals surface area contributed by atoms with Gasteiger partial charge in [-0.2, -0.15) is 0 Å². The lowest BCUT2D eigenvalue weighted by Gasteiger charge is -2.14. The second kappa shape index (κ2) is 10.9. The molecule has 2 heterocycles. The number of aliphatic hydroxyl groups is 2. The molecule has 156 valence electrons. The van der Waals surface area contributed by atoms with E-state index in [-0.39, 0.29) is 24.5 Å². The van der Waals surface area contributed by atoms with Gasteiger partial charge in [-0.05, 0) is 25.5 Å². The Bertz CT molecular complexity index is 787. The zero-order valence-corrected chi connectivity index (χ0v) is 15.7. The van der Waals surface area contributed by atoms with E-state index in [1.54, 1.807) is 0 Å². The zero-order chi connectivity index (χ0) is 20.5. The first-order valence-electron chi connectivity index (χ1n) is 9.42. The molecule has 1 aliphatic rings. The van der Waals surface area contributed by atoms with Crippen molar-refractivity contribution in [3.05, 3.63) is 38.7 Å². The Hall–Kier alpha value is -2.27. The third-order valence-electron chi connectivity index (χ3n) is 4.53. The molecular weight excluding hydrogens is 368 g/mol. The lowest BCUT2D eigenvalue weighted by molar-refractivity contribution is -0.116. The molecule has 1 saturated heterocycles. The quantitative estimate of drug-likeness (QED) is 0.246. The second-order valence-corrected chi connectivity index (χ2v) is 6.69. The van der Waals surface area contributed by atoms with E-state index in [1.165, 1.54) is 18.3 Å². The smallest absolute Gasteiger partial charge is 0.330 e. The summed E-state index contributed by atoms with van der Waals surface area (Å²) in [5, 5.41) is 21.7. The first-order valence-corrected chi connectivity index (χ1v) is 9.42. The summed E-state index contributed by atoms with van der Waals surface area (Å²) in [6, 6.07) is 0. The number of rotatable bonds is 10. The summed E-state index contributed by atoms with van der Waals surface area (Å²) in [7, 11) is 0. The Labute approximate surface area is 162 Å². The number of hydrogen-bond donors (Lipinski definition) is 5. The number of H-pyrrole nitrogens is 1. The van der Waals surface area contributed by atoms with Crippen LogP contribution < -0.4 is 22.3 Å². The maximum absolute atomic E-state index is 12.0. The van der Waals surface area contributed by atoms with Gasteiger partial charge in [-0.25, -0.2) is 4.79 Å². The van der Waals surface area contributed by atoms with Gasteiger partial charge in [0.1, 0.15) is 12.3 Å². The van der Waals surface area contributed by atoms with Crippen LogP contribution in [0.15, 0.2) is 21.9 Å². The van der Waals surface area contributed by atoms with Crippen LogP contribution in [0.3, 0.4) is 0 Å². The van der Waals surface area contributed by atoms with E-state index in [0.717, 1.165) is 30.3 Å². The number of nitrogens with one attached hydrogen (secondary N) is 2. The molecule has 10 nitrogen and oxygen atoms in total. The summed E-state index contributed by atoms with van der Waals surface area (Å²) >= 11 is 0. The fraction of sp³-hybridized carbons (Fsp3) is 0.611. The standard InChI is InChI=1S/C18H28N4O6/c19-7-3-1-2-4-8-20-15(25)6-5-12-10-22(18(27)21-17(12)26)16-9-13(24)14(11-23)28-16/h5-6,10,13-14,16,23-24H,1-4,7-9,11,19H2,(H,20,25)(H,21,26,27)/b6-5+/t13?,14-,16-/m1/s1. The third kappa shape index (κ3) is 6.13. The number of carbonyl (C=O) groups is 1. The Kier molecular flexibility index (Phi) is 8.58. The van der Waals surface area contributed by atoms with Crippen LogP contribution in [-0.2, 0) is 9.53 Å². The van der Waals surface area contributed by atoms with Gasteiger partial charge in [0, 0.05) is 25.2 Å². The molecule has 0 radical (unpaired) electrons. The molecule has 1 aromatic rings. The Balaban J connectivity index is 1.98. The van der Waals surface area contributed by atoms with Crippen molar-refractivity contribution in [3.63, 3.8) is 0 Å². The van der Waals surface area contributed by atoms with Crippen LogP contribution in [0, 0.1) is 0 Å². The molecule has 1 aromatic heterocycles. The van der Waals surface area contributed by atoms with Gasteiger partial charge in [0.2, 0.25) is 5.91 Å². The summed E-state index contributed by atoms with van der Waals surface area (Å²) in [5.41, 5.74) is 4.19. The molecular formula is C18H28N4O6. The highest BCUT2D eigenvalue weighted by Gasteiger charge is 2.35. The van der Waals surface area contributed by atoms with Gasteiger partial charge in [0.25, 0.3) is 5.56 Å². The maximum Gasteiger partial charge on any atom is 0.330 e. The minimum Gasteiger partial charge on any atom is -0.394 e. The van der Waals surface area contributed by atoms with E-state index in [2.05, 4.69) is 10.3 Å². The average Bonchev–Trinajstić information content (AvgIpc) is 3.04. The van der Waals surface area contributed by atoms with E-state index >= 15 is 0 Å². The van der Waals surface area contributed by atoms with Gasteiger partial charge in [-0.3, -0.25) is 19.1 Å². The van der Waals surface area contributed by atoms with Crippen molar-refractivity contribution in [2.45, 2.75) is 50.5 Å². The van der Waals surface area contributed by atoms with E-state index in [9.17, 15) is 19.5 Å². The van der Waals surface area contributed by atoms with Crippen molar-refractivity contribution in [1.82, 2.24) is 14.9 Å². The molecule has 1 fully saturated rings. The summed E-state index contributed by atoms with van der Waals surface area (Å²) in [6.07, 6.45) is 5.20. The van der Waals surface area contributed by atoms with Crippen molar-refractivity contribution in [3.8, 4) is 0 Å². The van der Waals surface area contributed by atoms with Crippen molar-refractivity contribution < 1.29 is 19.7 Å². The first kappa shape index (κ1) is 22.0. The molecule has 28 heavy (non-hydrogen) atoms. The fourth-order valence-electron chi connectivity index (χ4n) is 2.94. The predicted molar refractivity (Wildman–Crippen MR) is 103 cm³/mol. The van der Waals surface area contributed by atoms with Crippen LogP contribution in [0.2, 0.25) is 0 Å². The Morgan fingerprint density at radius 2 is 2.11 bits per heavy atom. The third-order valence-corrected chi connectivity index (χ3v) is 4.53. The van der Waals surface area contributed by atoms with Gasteiger partial charge >= 0.3 is 5.69 Å². The minimum atomic E-state index is -0.913. The molecule has 1 amide bonds. The van der Waals surface area contributed by atoms with Crippen molar-refractivity contribution in [2.24, 2.45) is 5.73 Å². The minimum absolute atomic E-state index is 0.100. The molecule has 1 unspecified atom stereocenters. The summed E-state index contributed by atoms with van der Waals surface area (Å²) in [5.74, 6) is -0.344. The van der Waals surface area contributed by atoms with Gasteiger partial charge < -0.3 is 26.0 Å². The second-order valence-electron chi connectivity index (χ2n) is 6.69. The van der Waals surface area contributed by atoms with Gasteiger partial charge in [-0.15, -0.1) is 0 Å². The molecule has 10 heteroatoms. The number of aromatic amines is 1. The summed E-state index contributed by atoms with van der Waals surface area (Å²) in [4.78, 5) is 38.0. The van der Waals surface area contributed by atoms with Gasteiger partial charge in [0.05, 0.1) is 18.3 Å². The molecule has 0 aliphatic carbocycles. The zero-order valence-electron chi connectivity index (χ0n) is 15.7. The SMILES string of the molecule is NCCCCCCNC(=O)/C=C/c1cn([C@H]2CC(O)[C@@H](CO)O2)c(=O)[nH]c1=O. The Morgan fingerprint density at radius 3 is 2.79 bits per heavy atom. The first-order chi connectivity index (χ1) is 13.5.